The van der Waals surface area contributed by atoms with E-state index in [0.29, 0.717) is 24.9 Å². The van der Waals surface area contributed by atoms with E-state index in [2.05, 4.69) is 28.7 Å². The molecule has 1 aliphatic heterocycles. The number of ether oxygens (including phenoxy) is 1. The van der Waals surface area contributed by atoms with Gasteiger partial charge in [-0.1, -0.05) is 13.0 Å². The van der Waals surface area contributed by atoms with E-state index in [1.165, 1.54) is 5.69 Å². The fourth-order valence-corrected chi connectivity index (χ4v) is 3.28. The van der Waals surface area contributed by atoms with Gasteiger partial charge in [0, 0.05) is 30.1 Å². The molecule has 0 bridgehead atoms. The van der Waals surface area contributed by atoms with E-state index in [9.17, 15) is 4.79 Å². The molecule has 5 nitrogen and oxygen atoms in total. The number of amides is 1. The molecule has 5 heteroatoms. The summed E-state index contributed by atoms with van der Waals surface area (Å²) in [5.74, 6) is 1.60. The molecule has 0 saturated heterocycles. The van der Waals surface area contributed by atoms with Gasteiger partial charge in [-0.15, -0.1) is 0 Å². The van der Waals surface area contributed by atoms with Crippen LogP contribution in [-0.4, -0.2) is 33.0 Å². The summed E-state index contributed by atoms with van der Waals surface area (Å²) < 4.78 is 8.22. The van der Waals surface area contributed by atoms with Crippen molar-refractivity contribution in [3.63, 3.8) is 0 Å². The van der Waals surface area contributed by atoms with Crippen molar-refractivity contribution in [1.29, 1.82) is 0 Å². The molecule has 2 aliphatic rings. The van der Waals surface area contributed by atoms with Crippen molar-refractivity contribution in [3.05, 3.63) is 48.4 Å². The van der Waals surface area contributed by atoms with Crippen LogP contribution in [0.3, 0.4) is 0 Å². The lowest BCUT2D eigenvalue weighted by molar-refractivity contribution is -0.134. The Morgan fingerprint density at radius 2 is 2.13 bits per heavy atom. The molecule has 2 aromatic rings. The van der Waals surface area contributed by atoms with Gasteiger partial charge in [-0.25, -0.2) is 4.98 Å². The van der Waals surface area contributed by atoms with Gasteiger partial charge in [0.15, 0.2) is 0 Å². The number of rotatable bonds is 3. The van der Waals surface area contributed by atoms with Crippen LogP contribution in [0.5, 0.6) is 5.88 Å². The molecule has 1 amide bonds. The number of nitrogens with zero attached hydrogens (tertiary/aromatic N) is 3. The minimum atomic E-state index is -0.0865. The van der Waals surface area contributed by atoms with Crippen LogP contribution in [0.2, 0.25) is 0 Å². The maximum absolute atomic E-state index is 12.7. The Morgan fingerprint density at radius 3 is 2.87 bits per heavy atom. The van der Waals surface area contributed by atoms with Crippen molar-refractivity contribution < 1.29 is 9.53 Å². The third-order valence-corrected chi connectivity index (χ3v) is 4.76. The lowest BCUT2D eigenvalue weighted by Crippen LogP contribution is -2.39. The van der Waals surface area contributed by atoms with Crippen molar-refractivity contribution in [3.8, 4) is 5.88 Å². The van der Waals surface area contributed by atoms with Crippen LogP contribution in [0.4, 0.5) is 0 Å². The first-order valence-electron chi connectivity index (χ1n) is 8.21. The van der Waals surface area contributed by atoms with E-state index in [1.54, 1.807) is 6.20 Å². The van der Waals surface area contributed by atoms with Gasteiger partial charge >= 0.3 is 0 Å². The highest BCUT2D eigenvalue weighted by Crippen LogP contribution is 2.39. The topological polar surface area (TPSA) is 47.4 Å². The standard InChI is InChI=1S/C18H21N3O2/c1-13-9-16(13)18(22)21-10-14-5-4-8-20(14)11-15(12-21)23-17-6-2-3-7-19-17/h2-8,13,15-16H,9-12H2,1H3/t13-,15-,16-/m1/s1. The molecule has 4 rings (SSSR count). The van der Waals surface area contributed by atoms with E-state index in [4.69, 9.17) is 4.74 Å². The number of fused-ring (bicyclic) bond motifs is 1. The number of carbonyl (C=O) groups excluding carboxylic acids is 1. The second kappa shape index (κ2) is 5.72. The largest absolute Gasteiger partial charge is 0.471 e. The summed E-state index contributed by atoms with van der Waals surface area (Å²) in [5.41, 5.74) is 1.17. The smallest absolute Gasteiger partial charge is 0.226 e. The van der Waals surface area contributed by atoms with Gasteiger partial charge in [0.25, 0.3) is 0 Å². The Bertz CT molecular complexity index is 697. The Hall–Kier alpha value is -2.30. The molecule has 0 radical (unpaired) electrons. The summed E-state index contributed by atoms with van der Waals surface area (Å²) in [6.07, 6.45) is 4.71. The number of carbonyl (C=O) groups is 1. The molecular weight excluding hydrogens is 290 g/mol. The SMILES string of the molecule is C[C@@H]1C[C@H]1C(=O)N1Cc2cccn2C[C@@H](Oc2ccccn2)C1. The van der Waals surface area contributed by atoms with E-state index >= 15 is 0 Å². The van der Waals surface area contributed by atoms with Gasteiger partial charge in [0.2, 0.25) is 11.8 Å². The van der Waals surface area contributed by atoms with Crippen molar-refractivity contribution in [2.75, 3.05) is 6.54 Å². The van der Waals surface area contributed by atoms with Crippen LogP contribution in [0.15, 0.2) is 42.7 Å². The lowest BCUT2D eigenvalue weighted by Gasteiger charge is -2.24. The molecule has 0 unspecified atom stereocenters. The van der Waals surface area contributed by atoms with Gasteiger partial charge in [-0.05, 0) is 30.5 Å². The summed E-state index contributed by atoms with van der Waals surface area (Å²) in [4.78, 5) is 18.9. The molecule has 2 aromatic heterocycles. The maximum Gasteiger partial charge on any atom is 0.226 e. The first-order chi connectivity index (χ1) is 11.2. The minimum Gasteiger partial charge on any atom is -0.471 e. The van der Waals surface area contributed by atoms with Crippen LogP contribution < -0.4 is 4.74 Å². The molecule has 0 N–H and O–H groups in total. The van der Waals surface area contributed by atoms with Gasteiger partial charge in [0.1, 0.15) is 6.10 Å². The number of hydrogen-bond acceptors (Lipinski definition) is 3. The molecule has 0 aromatic carbocycles. The first-order valence-corrected chi connectivity index (χ1v) is 8.21. The second-order valence-electron chi connectivity index (χ2n) is 6.60. The number of aromatic nitrogens is 2. The van der Waals surface area contributed by atoms with Gasteiger partial charge in [-0.2, -0.15) is 0 Å². The number of pyridine rings is 1. The normalized spacial score (nSPS) is 26.3. The zero-order chi connectivity index (χ0) is 15.8. The van der Waals surface area contributed by atoms with E-state index < -0.39 is 0 Å². The third-order valence-electron chi connectivity index (χ3n) is 4.76. The lowest BCUT2D eigenvalue weighted by atomic mass is 10.2. The van der Waals surface area contributed by atoms with E-state index in [0.717, 1.165) is 13.0 Å². The molecular formula is C18H21N3O2. The van der Waals surface area contributed by atoms with Crippen molar-refractivity contribution >= 4 is 5.91 Å². The van der Waals surface area contributed by atoms with Gasteiger partial charge in [-0.3, -0.25) is 4.79 Å². The van der Waals surface area contributed by atoms with Crippen LogP contribution in [0.25, 0.3) is 0 Å². The van der Waals surface area contributed by atoms with E-state index in [-0.39, 0.29) is 17.9 Å². The molecule has 1 fully saturated rings. The van der Waals surface area contributed by atoms with E-state index in [1.807, 2.05) is 29.2 Å². The zero-order valence-corrected chi connectivity index (χ0v) is 13.3. The average Bonchev–Trinajstić information content (AvgIpc) is 3.18. The van der Waals surface area contributed by atoms with Crippen LogP contribution in [-0.2, 0) is 17.9 Å². The van der Waals surface area contributed by atoms with Gasteiger partial charge in [0.05, 0.1) is 19.6 Å². The van der Waals surface area contributed by atoms with Crippen LogP contribution in [0.1, 0.15) is 19.0 Å². The fraction of sp³-hybridized carbons (Fsp3) is 0.444. The predicted octanol–water partition coefficient (Wildman–Crippen LogP) is 2.33. The predicted molar refractivity (Wildman–Crippen MR) is 85.8 cm³/mol. The third kappa shape index (κ3) is 2.96. The van der Waals surface area contributed by atoms with Gasteiger partial charge < -0.3 is 14.2 Å². The average molecular weight is 311 g/mol. The molecule has 1 aliphatic carbocycles. The summed E-state index contributed by atoms with van der Waals surface area (Å²) in [7, 11) is 0. The second-order valence-corrected chi connectivity index (χ2v) is 6.60. The molecule has 1 saturated carbocycles. The Kier molecular flexibility index (Phi) is 3.56. The molecule has 3 atom stereocenters. The van der Waals surface area contributed by atoms with Crippen LogP contribution in [0, 0.1) is 11.8 Å². The first kappa shape index (κ1) is 14.3. The zero-order valence-electron chi connectivity index (χ0n) is 13.3. The quantitative estimate of drug-likeness (QED) is 0.874. The Morgan fingerprint density at radius 1 is 1.26 bits per heavy atom. The summed E-state index contributed by atoms with van der Waals surface area (Å²) in [6.45, 7) is 4.16. The molecule has 0 spiro atoms. The Labute approximate surface area is 135 Å². The summed E-state index contributed by atoms with van der Waals surface area (Å²) in [5, 5.41) is 0. The summed E-state index contributed by atoms with van der Waals surface area (Å²) >= 11 is 0. The molecule has 3 heterocycles. The highest BCUT2D eigenvalue weighted by atomic mass is 16.5. The van der Waals surface area contributed by atoms with Crippen molar-refractivity contribution in [1.82, 2.24) is 14.5 Å². The molecule has 23 heavy (non-hydrogen) atoms. The fourth-order valence-electron chi connectivity index (χ4n) is 3.28. The monoisotopic (exact) mass is 311 g/mol. The molecule has 120 valence electrons. The van der Waals surface area contributed by atoms with Crippen molar-refractivity contribution in [2.45, 2.75) is 32.5 Å². The summed E-state index contributed by atoms with van der Waals surface area (Å²) in [6, 6.07) is 9.75. The highest BCUT2D eigenvalue weighted by Gasteiger charge is 2.42. The number of hydrogen-bond donors (Lipinski definition) is 0. The maximum atomic E-state index is 12.7. The minimum absolute atomic E-state index is 0.0865. The van der Waals surface area contributed by atoms with Crippen LogP contribution >= 0.6 is 0 Å². The highest BCUT2D eigenvalue weighted by molar-refractivity contribution is 5.81. The Balaban J connectivity index is 1.55. The van der Waals surface area contributed by atoms with Crippen molar-refractivity contribution in [2.24, 2.45) is 11.8 Å².